The second kappa shape index (κ2) is 6.55. The van der Waals surface area contributed by atoms with Gasteiger partial charge in [0.15, 0.2) is 0 Å². The molecule has 1 N–H and O–H groups in total. The van der Waals surface area contributed by atoms with Gasteiger partial charge >= 0.3 is 6.03 Å². The molecular weight excluding hydrogens is 323 g/mol. The molecular formula is C19H19FN2O3. The van der Waals surface area contributed by atoms with Gasteiger partial charge in [-0.15, -0.1) is 0 Å². The van der Waals surface area contributed by atoms with Crippen LogP contribution in [0.15, 0.2) is 48.5 Å². The van der Waals surface area contributed by atoms with Crippen molar-refractivity contribution in [3.8, 4) is 5.75 Å². The quantitative estimate of drug-likeness (QED) is 0.850. The van der Waals surface area contributed by atoms with Gasteiger partial charge in [-0.25, -0.2) is 9.18 Å². The number of halogens is 1. The van der Waals surface area contributed by atoms with Gasteiger partial charge in [0, 0.05) is 0 Å². The predicted octanol–water partition coefficient (Wildman–Crippen LogP) is 2.98. The Labute approximate surface area is 145 Å². The van der Waals surface area contributed by atoms with Crippen LogP contribution in [0.2, 0.25) is 0 Å². The maximum Gasteiger partial charge on any atom is 0.325 e. The molecule has 0 aromatic heterocycles. The number of carbonyl (C=O) groups is 2. The summed E-state index contributed by atoms with van der Waals surface area (Å²) in [5.74, 6) is -0.186. The summed E-state index contributed by atoms with van der Waals surface area (Å²) in [5.41, 5.74) is 0.729. The highest BCUT2D eigenvalue weighted by atomic mass is 19.1. The summed E-state index contributed by atoms with van der Waals surface area (Å²) < 4.78 is 18.3. The molecule has 1 aliphatic heterocycles. The predicted molar refractivity (Wildman–Crippen MR) is 90.7 cm³/mol. The maximum atomic E-state index is 12.9. The molecule has 3 amide bonds. The zero-order valence-electron chi connectivity index (χ0n) is 14.1. The van der Waals surface area contributed by atoms with Crippen molar-refractivity contribution in [1.29, 1.82) is 0 Å². The van der Waals surface area contributed by atoms with E-state index in [-0.39, 0.29) is 24.9 Å². The minimum absolute atomic E-state index is 0.115. The molecule has 0 aliphatic carbocycles. The Morgan fingerprint density at radius 3 is 2.36 bits per heavy atom. The molecule has 1 fully saturated rings. The van der Waals surface area contributed by atoms with Crippen LogP contribution in [-0.4, -0.2) is 30.0 Å². The summed E-state index contributed by atoms with van der Waals surface area (Å²) in [6, 6.07) is 12.6. The Morgan fingerprint density at radius 2 is 1.72 bits per heavy atom. The van der Waals surface area contributed by atoms with Gasteiger partial charge in [0.1, 0.15) is 23.7 Å². The van der Waals surface area contributed by atoms with Gasteiger partial charge in [0.05, 0.1) is 6.54 Å². The summed E-state index contributed by atoms with van der Waals surface area (Å²) in [6.07, 6.45) is 0. The van der Waals surface area contributed by atoms with Gasteiger partial charge in [-0.2, -0.15) is 0 Å². The van der Waals surface area contributed by atoms with Crippen molar-refractivity contribution in [2.75, 3.05) is 13.2 Å². The second-order valence-electron chi connectivity index (χ2n) is 6.18. The van der Waals surface area contributed by atoms with E-state index in [0.717, 1.165) is 16.0 Å². The number of benzene rings is 2. The third kappa shape index (κ3) is 3.33. The lowest BCUT2D eigenvalue weighted by Crippen LogP contribution is -2.41. The first-order valence-corrected chi connectivity index (χ1v) is 8.00. The third-order valence-electron chi connectivity index (χ3n) is 4.30. The van der Waals surface area contributed by atoms with Crippen LogP contribution in [-0.2, 0) is 10.3 Å². The van der Waals surface area contributed by atoms with E-state index in [0.29, 0.717) is 5.75 Å². The molecule has 0 spiro atoms. The van der Waals surface area contributed by atoms with E-state index >= 15 is 0 Å². The second-order valence-corrected chi connectivity index (χ2v) is 6.18. The first kappa shape index (κ1) is 17.0. The molecule has 1 saturated heterocycles. The fourth-order valence-electron chi connectivity index (χ4n) is 2.77. The Kier molecular flexibility index (Phi) is 4.44. The van der Waals surface area contributed by atoms with Gasteiger partial charge < -0.3 is 10.1 Å². The van der Waals surface area contributed by atoms with Gasteiger partial charge in [-0.1, -0.05) is 29.8 Å². The number of aryl methyl sites for hydroxylation is 1. The topological polar surface area (TPSA) is 58.6 Å². The van der Waals surface area contributed by atoms with Crippen LogP contribution in [0, 0.1) is 12.7 Å². The number of nitrogens with one attached hydrogen (secondary N) is 1. The molecule has 25 heavy (non-hydrogen) atoms. The smallest absolute Gasteiger partial charge is 0.325 e. The van der Waals surface area contributed by atoms with E-state index in [9.17, 15) is 14.0 Å². The number of carbonyl (C=O) groups excluding carboxylic acids is 2. The van der Waals surface area contributed by atoms with E-state index in [1.54, 1.807) is 6.92 Å². The molecule has 0 radical (unpaired) electrons. The molecule has 1 atom stereocenters. The van der Waals surface area contributed by atoms with Gasteiger partial charge in [0.25, 0.3) is 5.91 Å². The first-order chi connectivity index (χ1) is 11.9. The van der Waals surface area contributed by atoms with Crippen LogP contribution in [0.25, 0.3) is 0 Å². The van der Waals surface area contributed by atoms with Crippen LogP contribution in [0.3, 0.4) is 0 Å². The molecule has 5 nitrogen and oxygen atoms in total. The summed E-state index contributed by atoms with van der Waals surface area (Å²) in [6.45, 7) is 3.90. The summed E-state index contributed by atoms with van der Waals surface area (Å²) in [4.78, 5) is 26.1. The van der Waals surface area contributed by atoms with E-state index in [4.69, 9.17) is 4.74 Å². The number of nitrogens with zero attached hydrogens (tertiary/aromatic N) is 1. The minimum atomic E-state index is -1.08. The van der Waals surface area contributed by atoms with Crippen molar-refractivity contribution in [2.24, 2.45) is 0 Å². The normalized spacial score (nSPS) is 19.9. The van der Waals surface area contributed by atoms with Crippen molar-refractivity contribution in [3.63, 3.8) is 0 Å². The number of hydrogen-bond donors (Lipinski definition) is 1. The molecule has 1 aliphatic rings. The average molecular weight is 342 g/mol. The van der Waals surface area contributed by atoms with Crippen molar-refractivity contribution in [2.45, 2.75) is 19.4 Å². The Balaban J connectivity index is 1.66. The van der Waals surface area contributed by atoms with Crippen molar-refractivity contribution >= 4 is 11.9 Å². The standard InChI is InChI=1S/C19H19FN2O3/c1-13-3-5-14(6-4-13)19(2)17(23)22(18(24)21-19)11-12-25-16-9-7-15(20)8-10-16/h3-10H,11-12H2,1-2H3,(H,21,24)/t19-/m1/s1. The number of ether oxygens (including phenoxy) is 1. The number of rotatable bonds is 5. The number of imide groups is 1. The molecule has 2 aromatic rings. The van der Waals surface area contributed by atoms with Crippen molar-refractivity contribution in [3.05, 3.63) is 65.5 Å². The lowest BCUT2D eigenvalue weighted by Gasteiger charge is -2.22. The Bertz CT molecular complexity index is 789. The first-order valence-electron chi connectivity index (χ1n) is 8.00. The maximum absolute atomic E-state index is 12.9. The van der Waals surface area contributed by atoms with Gasteiger partial charge in [-0.05, 0) is 43.7 Å². The molecule has 6 heteroatoms. The summed E-state index contributed by atoms with van der Waals surface area (Å²) in [5, 5.41) is 2.75. The van der Waals surface area contributed by atoms with E-state index in [1.807, 2.05) is 31.2 Å². The Morgan fingerprint density at radius 1 is 1.08 bits per heavy atom. The highest BCUT2D eigenvalue weighted by Crippen LogP contribution is 2.28. The summed E-state index contributed by atoms with van der Waals surface area (Å²) >= 11 is 0. The monoisotopic (exact) mass is 342 g/mol. The molecule has 3 rings (SSSR count). The van der Waals surface area contributed by atoms with Crippen molar-refractivity contribution in [1.82, 2.24) is 10.2 Å². The number of amides is 3. The van der Waals surface area contributed by atoms with Gasteiger partial charge in [0.2, 0.25) is 0 Å². The molecule has 0 bridgehead atoms. The fraction of sp³-hybridized carbons (Fsp3) is 0.263. The molecule has 2 aromatic carbocycles. The number of urea groups is 1. The van der Waals surface area contributed by atoms with E-state index in [2.05, 4.69) is 5.32 Å². The molecule has 1 heterocycles. The van der Waals surface area contributed by atoms with Crippen LogP contribution in [0.4, 0.5) is 9.18 Å². The zero-order valence-corrected chi connectivity index (χ0v) is 14.1. The zero-order chi connectivity index (χ0) is 18.0. The van der Waals surface area contributed by atoms with E-state index in [1.165, 1.54) is 24.3 Å². The van der Waals surface area contributed by atoms with Crippen LogP contribution >= 0.6 is 0 Å². The van der Waals surface area contributed by atoms with E-state index < -0.39 is 11.6 Å². The molecule has 130 valence electrons. The van der Waals surface area contributed by atoms with Crippen molar-refractivity contribution < 1.29 is 18.7 Å². The Hall–Kier alpha value is -2.89. The van der Waals surface area contributed by atoms with Crippen LogP contribution < -0.4 is 10.1 Å². The average Bonchev–Trinajstić information content (AvgIpc) is 2.81. The fourth-order valence-corrected chi connectivity index (χ4v) is 2.77. The third-order valence-corrected chi connectivity index (χ3v) is 4.30. The summed E-state index contributed by atoms with van der Waals surface area (Å²) in [7, 11) is 0. The molecule has 0 unspecified atom stereocenters. The lowest BCUT2D eigenvalue weighted by atomic mass is 9.91. The van der Waals surface area contributed by atoms with Crippen LogP contribution in [0.1, 0.15) is 18.1 Å². The molecule has 0 saturated carbocycles. The van der Waals surface area contributed by atoms with Gasteiger partial charge in [-0.3, -0.25) is 9.69 Å². The highest BCUT2D eigenvalue weighted by molar-refractivity contribution is 6.07. The highest BCUT2D eigenvalue weighted by Gasteiger charge is 2.48. The lowest BCUT2D eigenvalue weighted by molar-refractivity contribution is -0.131. The van der Waals surface area contributed by atoms with Crippen LogP contribution in [0.5, 0.6) is 5.75 Å². The minimum Gasteiger partial charge on any atom is -0.492 e. The SMILES string of the molecule is Cc1ccc([C@@]2(C)NC(=O)N(CCOc3ccc(F)cc3)C2=O)cc1. The largest absolute Gasteiger partial charge is 0.492 e. The number of hydrogen-bond acceptors (Lipinski definition) is 3.